The van der Waals surface area contributed by atoms with Crippen molar-refractivity contribution in [2.24, 2.45) is 0 Å². The number of fused-ring (bicyclic) bond motifs is 1. The second kappa shape index (κ2) is 13.2. The molecule has 2 heterocycles. The molecule has 39 heavy (non-hydrogen) atoms. The quantitative estimate of drug-likeness (QED) is 0.318. The first-order valence-electron chi connectivity index (χ1n) is 14.6. The molecule has 6 nitrogen and oxygen atoms in total. The zero-order valence-corrected chi connectivity index (χ0v) is 23.5. The van der Waals surface area contributed by atoms with Crippen LogP contribution in [0.4, 0.5) is 5.69 Å². The van der Waals surface area contributed by atoms with Crippen molar-refractivity contribution >= 4 is 5.69 Å². The monoisotopic (exact) mass is 529 g/mol. The summed E-state index contributed by atoms with van der Waals surface area (Å²) in [6.07, 6.45) is 11.1. The molecule has 0 amide bonds. The molecule has 2 atom stereocenters. The molecule has 208 valence electrons. The van der Waals surface area contributed by atoms with E-state index in [9.17, 15) is 5.11 Å². The summed E-state index contributed by atoms with van der Waals surface area (Å²) in [7, 11) is 1.72. The smallest absolute Gasteiger partial charge is 0.213 e. The third kappa shape index (κ3) is 7.45. The van der Waals surface area contributed by atoms with Crippen LogP contribution in [0.3, 0.4) is 0 Å². The second-order valence-electron chi connectivity index (χ2n) is 11.2. The zero-order valence-electron chi connectivity index (χ0n) is 23.5. The highest BCUT2D eigenvalue weighted by Crippen LogP contribution is 2.38. The van der Waals surface area contributed by atoms with Crippen LogP contribution in [0.5, 0.6) is 17.4 Å². The molecular weight excluding hydrogens is 486 g/mol. The minimum atomic E-state index is 0.222. The summed E-state index contributed by atoms with van der Waals surface area (Å²) in [6.45, 7) is 6.26. The lowest BCUT2D eigenvalue weighted by atomic mass is 9.79. The van der Waals surface area contributed by atoms with Gasteiger partial charge < -0.3 is 19.9 Å². The highest BCUT2D eigenvalue weighted by Gasteiger charge is 2.23. The van der Waals surface area contributed by atoms with E-state index in [1.807, 2.05) is 18.3 Å². The van der Waals surface area contributed by atoms with Crippen LogP contribution < -0.4 is 14.8 Å². The lowest BCUT2D eigenvalue weighted by molar-refractivity contribution is 0.209. The van der Waals surface area contributed by atoms with E-state index >= 15 is 0 Å². The van der Waals surface area contributed by atoms with Crippen molar-refractivity contribution in [3.8, 4) is 17.4 Å². The number of methoxy groups -OCH3 is 1. The van der Waals surface area contributed by atoms with E-state index in [4.69, 9.17) is 9.47 Å². The minimum absolute atomic E-state index is 0.222. The number of phenolic OH excluding ortho intramolecular Hbond substituents is 1. The van der Waals surface area contributed by atoms with Crippen LogP contribution in [0, 0.1) is 0 Å². The molecule has 2 aromatic carbocycles. The van der Waals surface area contributed by atoms with Gasteiger partial charge in [-0.2, -0.15) is 0 Å². The molecule has 1 saturated heterocycles. The average Bonchev–Trinajstić information content (AvgIpc) is 3.22. The zero-order chi connectivity index (χ0) is 27.0. The van der Waals surface area contributed by atoms with E-state index in [1.165, 1.54) is 61.0 Å². The first-order valence-corrected chi connectivity index (χ1v) is 14.6. The molecule has 0 saturated carbocycles. The number of aromatic nitrogens is 1. The summed E-state index contributed by atoms with van der Waals surface area (Å²) in [5.41, 5.74) is 6.25. The highest BCUT2D eigenvalue weighted by molar-refractivity contribution is 5.58. The Balaban J connectivity index is 1.18. The van der Waals surface area contributed by atoms with Crippen LogP contribution in [0.25, 0.3) is 0 Å². The Morgan fingerprint density at radius 3 is 2.64 bits per heavy atom. The van der Waals surface area contributed by atoms with Crippen molar-refractivity contribution in [2.75, 3.05) is 38.7 Å². The number of hydrogen-bond donors (Lipinski definition) is 2. The van der Waals surface area contributed by atoms with E-state index in [-0.39, 0.29) is 6.04 Å². The predicted molar refractivity (Wildman–Crippen MR) is 157 cm³/mol. The standard InChI is InChI=1S/C33H43N3O3/c1-24(19-25-7-14-33(34-23-25)39-18-17-36-15-5-3-4-6-16-36)35-32-22-30(38-2)12-13-31(32)28-9-8-27-21-29(37)11-10-26(27)20-28/h7,10-14,21-24,28,35,37H,3-6,8-9,15-20H2,1-2H3. The Kier molecular flexibility index (Phi) is 9.25. The molecule has 2 unspecified atom stereocenters. The Morgan fingerprint density at radius 1 is 1.03 bits per heavy atom. The fourth-order valence-electron chi connectivity index (χ4n) is 6.08. The van der Waals surface area contributed by atoms with Crippen molar-refractivity contribution < 1.29 is 14.6 Å². The average molecular weight is 530 g/mol. The van der Waals surface area contributed by atoms with Gasteiger partial charge in [0.2, 0.25) is 5.88 Å². The molecule has 1 fully saturated rings. The minimum Gasteiger partial charge on any atom is -0.508 e. The molecule has 1 aliphatic carbocycles. The first kappa shape index (κ1) is 27.3. The lowest BCUT2D eigenvalue weighted by Crippen LogP contribution is -2.29. The third-order valence-corrected chi connectivity index (χ3v) is 8.22. The first-order chi connectivity index (χ1) is 19.1. The van der Waals surface area contributed by atoms with Gasteiger partial charge in [0.05, 0.1) is 7.11 Å². The molecule has 1 aromatic heterocycles. The summed E-state index contributed by atoms with van der Waals surface area (Å²) in [5.74, 6) is 2.35. The Hall–Kier alpha value is -3.25. The van der Waals surface area contributed by atoms with E-state index in [0.717, 1.165) is 43.7 Å². The number of phenols is 1. The predicted octanol–water partition coefficient (Wildman–Crippen LogP) is 6.37. The van der Waals surface area contributed by atoms with Crippen molar-refractivity contribution in [3.05, 3.63) is 77.0 Å². The van der Waals surface area contributed by atoms with Gasteiger partial charge in [0.1, 0.15) is 18.1 Å². The summed E-state index contributed by atoms with van der Waals surface area (Å²) in [6, 6.07) is 16.5. The van der Waals surface area contributed by atoms with Crippen LogP contribution in [0.2, 0.25) is 0 Å². The largest absolute Gasteiger partial charge is 0.508 e. The number of nitrogens with zero attached hydrogens (tertiary/aromatic N) is 2. The molecule has 1 aliphatic heterocycles. The molecule has 0 radical (unpaired) electrons. The van der Waals surface area contributed by atoms with E-state index in [1.54, 1.807) is 13.2 Å². The number of pyridine rings is 1. The number of ether oxygens (including phenoxy) is 2. The maximum absolute atomic E-state index is 9.87. The van der Waals surface area contributed by atoms with Crippen LogP contribution in [-0.4, -0.2) is 54.4 Å². The normalized spacial score (nSPS) is 18.6. The third-order valence-electron chi connectivity index (χ3n) is 8.22. The number of aromatic hydroxyl groups is 1. The second-order valence-corrected chi connectivity index (χ2v) is 11.2. The molecule has 2 N–H and O–H groups in total. The van der Waals surface area contributed by atoms with Gasteiger partial charge in [-0.15, -0.1) is 0 Å². The molecule has 5 rings (SSSR count). The number of anilines is 1. The number of hydrogen-bond acceptors (Lipinski definition) is 6. The maximum atomic E-state index is 9.87. The van der Waals surface area contributed by atoms with Gasteiger partial charge in [0.15, 0.2) is 0 Å². The van der Waals surface area contributed by atoms with E-state index < -0.39 is 0 Å². The van der Waals surface area contributed by atoms with Gasteiger partial charge in [0, 0.05) is 36.6 Å². The summed E-state index contributed by atoms with van der Waals surface area (Å²) in [4.78, 5) is 7.09. The number of benzene rings is 2. The van der Waals surface area contributed by atoms with Crippen molar-refractivity contribution in [2.45, 2.75) is 70.3 Å². The number of rotatable bonds is 10. The molecule has 3 aromatic rings. The van der Waals surface area contributed by atoms with Crippen LogP contribution in [0.15, 0.2) is 54.7 Å². The Morgan fingerprint density at radius 2 is 1.87 bits per heavy atom. The summed E-state index contributed by atoms with van der Waals surface area (Å²) < 4.78 is 11.5. The molecule has 0 bridgehead atoms. The van der Waals surface area contributed by atoms with Crippen molar-refractivity contribution in [3.63, 3.8) is 0 Å². The number of nitrogens with one attached hydrogen (secondary N) is 1. The highest BCUT2D eigenvalue weighted by atomic mass is 16.5. The molecule has 2 aliphatic rings. The lowest BCUT2D eigenvalue weighted by Gasteiger charge is -2.28. The number of likely N-dealkylation sites (tertiary alicyclic amines) is 1. The van der Waals surface area contributed by atoms with Gasteiger partial charge >= 0.3 is 0 Å². The SMILES string of the molecule is COc1ccc(C2CCc3cc(O)ccc3C2)c(NC(C)Cc2ccc(OCCN3CCCCCC3)nc2)c1. The fourth-order valence-corrected chi connectivity index (χ4v) is 6.08. The van der Waals surface area contributed by atoms with E-state index in [0.29, 0.717) is 24.2 Å². The van der Waals surface area contributed by atoms with Crippen LogP contribution in [-0.2, 0) is 19.3 Å². The van der Waals surface area contributed by atoms with Crippen LogP contribution in [0.1, 0.15) is 67.2 Å². The summed E-state index contributed by atoms with van der Waals surface area (Å²) in [5, 5.41) is 13.6. The molecular formula is C33H43N3O3. The molecule has 6 heteroatoms. The Bertz CT molecular complexity index is 1210. The van der Waals surface area contributed by atoms with Crippen molar-refractivity contribution in [1.29, 1.82) is 0 Å². The maximum Gasteiger partial charge on any atom is 0.213 e. The van der Waals surface area contributed by atoms with Gasteiger partial charge in [-0.3, -0.25) is 4.90 Å². The van der Waals surface area contributed by atoms with Crippen molar-refractivity contribution in [1.82, 2.24) is 9.88 Å². The topological polar surface area (TPSA) is 66.8 Å². The molecule has 0 spiro atoms. The van der Waals surface area contributed by atoms with Gasteiger partial charge in [-0.25, -0.2) is 4.98 Å². The van der Waals surface area contributed by atoms with Gasteiger partial charge in [-0.1, -0.05) is 31.0 Å². The fraction of sp³-hybridized carbons (Fsp3) is 0.485. The van der Waals surface area contributed by atoms with Crippen LogP contribution >= 0.6 is 0 Å². The number of aryl methyl sites for hydroxylation is 1. The summed E-state index contributed by atoms with van der Waals surface area (Å²) >= 11 is 0. The Labute approximate surface area is 233 Å². The van der Waals surface area contributed by atoms with Gasteiger partial charge in [-0.05, 0) is 105 Å². The van der Waals surface area contributed by atoms with E-state index in [2.05, 4.69) is 52.5 Å². The van der Waals surface area contributed by atoms with Gasteiger partial charge in [0.25, 0.3) is 0 Å².